The van der Waals surface area contributed by atoms with Crippen LogP contribution in [-0.4, -0.2) is 105 Å². The molecule has 4 atom stereocenters. The van der Waals surface area contributed by atoms with Crippen LogP contribution in [0.1, 0.15) is 172 Å². The molecular formula is C91H108B3Br2N2O10+. The van der Waals surface area contributed by atoms with Gasteiger partial charge in [0.25, 0.3) is 0 Å². The summed E-state index contributed by atoms with van der Waals surface area (Å²) in [4.78, 5) is 13.7. The second kappa shape index (κ2) is 39.6. The molecule has 0 amide bonds. The number of para-hydroxylation sites is 1. The van der Waals surface area contributed by atoms with Crippen LogP contribution in [0.25, 0.3) is 22.3 Å². The van der Waals surface area contributed by atoms with Crippen LogP contribution in [-0.2, 0) is 35.9 Å². The summed E-state index contributed by atoms with van der Waals surface area (Å²) in [5, 5.41) is 39.0. The zero-order valence-corrected chi connectivity index (χ0v) is 67.0. The minimum absolute atomic E-state index is 0. The number of fused-ring (bicyclic) bond motifs is 5. The largest absolute Gasteiger partial charge is 0.507 e. The maximum absolute atomic E-state index is 11.2. The van der Waals surface area contributed by atoms with Gasteiger partial charge in [0, 0.05) is 27.0 Å². The predicted molar refractivity (Wildman–Crippen MR) is 455 cm³/mol. The predicted octanol–water partition coefficient (Wildman–Crippen LogP) is 18.4. The van der Waals surface area contributed by atoms with Crippen molar-refractivity contribution in [3.8, 4) is 39.5 Å². The fourth-order valence-corrected chi connectivity index (χ4v) is 16.7. The molecule has 0 bridgehead atoms. The van der Waals surface area contributed by atoms with E-state index in [9.17, 15) is 25.2 Å². The molecule has 10 aromatic rings. The first-order valence-corrected chi connectivity index (χ1v) is 38.5. The van der Waals surface area contributed by atoms with E-state index in [2.05, 4.69) is 193 Å². The first-order valence-electron chi connectivity index (χ1n) is 36.9. The van der Waals surface area contributed by atoms with Gasteiger partial charge in [-0.25, -0.2) is 0 Å². The number of aliphatic hydroxyl groups excluding tert-OH is 3. The lowest BCUT2D eigenvalue weighted by atomic mass is 9.79. The number of hydrogen-bond acceptors (Lipinski definition) is 9. The summed E-state index contributed by atoms with van der Waals surface area (Å²) in [6, 6.07) is 68.8. The van der Waals surface area contributed by atoms with Gasteiger partial charge in [-0.15, -0.1) is 0 Å². The highest BCUT2D eigenvalue weighted by Gasteiger charge is 2.56. The third kappa shape index (κ3) is 20.4. The SMILES string of the molecule is C.CB1OC(c2ccccc2)(c2ccccc2)[C@H]2CCCN12.COc1c(C)cc(-c2ccc3c(c2)CC[C@@H]3O)cc1C.Cc1cc(-c2ccc3c(c2)CC[C@@H]3O)cc(C)c1O.O.O.O=C1CCc2cc(Br)ccc21.O[C@H]1CCc2cc(Br)ccc21.[B][N+](CC)(CC)c1ccccc1.[B]c1cc(C)c(OC)c(C)c1. The van der Waals surface area contributed by atoms with Crippen molar-refractivity contribution < 1.29 is 50.3 Å². The second-order valence-corrected chi connectivity index (χ2v) is 30.3. The summed E-state index contributed by atoms with van der Waals surface area (Å²) in [5.41, 5.74) is 24.4. The number of phenolic OH excluding ortho intramolecular Hbond substituents is 1. The summed E-state index contributed by atoms with van der Waals surface area (Å²) in [6.45, 7) is 21.4. The van der Waals surface area contributed by atoms with Crippen LogP contribution in [0.2, 0.25) is 6.82 Å². The lowest BCUT2D eigenvalue weighted by Gasteiger charge is -2.36. The average molecular weight is 1580 g/mol. The molecule has 0 saturated carbocycles. The number of ether oxygens (including phenoxy) is 2. The van der Waals surface area contributed by atoms with Crippen LogP contribution in [0.4, 0.5) is 5.69 Å². The van der Waals surface area contributed by atoms with E-state index in [0.717, 1.165) is 157 Å². The van der Waals surface area contributed by atoms with Crippen molar-refractivity contribution in [3.63, 3.8) is 0 Å². The summed E-state index contributed by atoms with van der Waals surface area (Å²) >= 11 is 6.78. The van der Waals surface area contributed by atoms with E-state index in [1.165, 1.54) is 63.0 Å². The van der Waals surface area contributed by atoms with Crippen molar-refractivity contribution in [2.75, 3.05) is 33.9 Å². The van der Waals surface area contributed by atoms with Crippen molar-refractivity contribution in [2.24, 2.45) is 0 Å². The van der Waals surface area contributed by atoms with E-state index in [1.54, 1.807) is 14.2 Å². The standard InChI is InChI=1S/C18H20BNO.C18H20O2.C17H18O2.C10H15BN.C9H11BO.C9H9BrO.C9H7BrO.CH4.2H2O/c1-19-20-14-8-13-17(20)18(21-19,15-9-4-2-5-10-15)16-11-6-3-7-12-16;1-11-8-15(9-12(2)18(11)20-3)13-4-6-16-14(10-13)5-7-17(16)19;1-10-7-14(8-11(2)17(10)19)12-3-5-15-13(9-12)4-6-16(15)18;1-3-12(11,4-2)10-8-6-5-7-9-10;1-6-4-8(10)5-7(2)9(6)11-3;2*10-7-2-3-8-6(5-7)1-4-9(8)11;;;/h2-7,9-12,17H,8,13-14H2,1H3;4,6,8-10,17,19H,5,7H2,1-3H3;3,5,7-9,16,18-19H,4,6H2,1-2H3;5-9H,3-4H2,1-2H3;4-5H,1-3H3;2-3,5,9,11H,1,4H2;2-3,5H,1,4H2;1H4;2*1H2/q;;;+1;;;;;;/t2*17-;16-;;;9-;;;;/m100..0..../s1. The highest BCUT2D eigenvalue weighted by Crippen LogP contribution is 2.49. The first kappa shape index (κ1) is 87.3. The van der Waals surface area contributed by atoms with Gasteiger partial charge in [0.1, 0.15) is 36.4 Å². The van der Waals surface area contributed by atoms with Gasteiger partial charge in [-0.2, -0.15) is 0 Å². The molecule has 10 aromatic carbocycles. The van der Waals surface area contributed by atoms with Crippen LogP contribution in [0.3, 0.4) is 0 Å². The van der Waals surface area contributed by atoms with Crippen LogP contribution in [0, 0.1) is 41.5 Å². The molecule has 16 rings (SSSR count). The fraction of sp³-hybridized carbons (Fsp3) is 0.330. The number of Topliss-reactive ketones (excluding diaryl/α,β-unsaturated/α-hetero) is 1. The Kier molecular flexibility index (Phi) is 32.1. The van der Waals surface area contributed by atoms with E-state index < -0.39 is 0 Å². The molecule has 12 nitrogen and oxygen atoms in total. The molecule has 108 heavy (non-hydrogen) atoms. The monoisotopic (exact) mass is 1580 g/mol. The van der Waals surface area contributed by atoms with Gasteiger partial charge >= 0.3 is 15.0 Å². The Balaban J connectivity index is 0.000000178. The number of carbonyl (C=O) groups excluding carboxylic acids is 1. The zero-order chi connectivity index (χ0) is 75.3. The van der Waals surface area contributed by atoms with Crippen molar-refractivity contribution in [3.05, 3.63) is 298 Å². The van der Waals surface area contributed by atoms with Gasteiger partial charge < -0.3 is 54.7 Å². The number of phenols is 1. The van der Waals surface area contributed by atoms with Crippen molar-refractivity contribution in [2.45, 2.75) is 164 Å². The number of halogens is 2. The lowest BCUT2D eigenvalue weighted by molar-refractivity contribution is 0.0994. The van der Waals surface area contributed by atoms with Crippen molar-refractivity contribution in [1.82, 2.24) is 9.20 Å². The molecule has 0 spiro atoms. The normalized spacial score (nSPS) is 17.0. The number of aromatic hydroxyl groups is 1. The molecule has 2 heterocycles. The third-order valence-electron chi connectivity index (χ3n) is 21.4. The van der Waals surface area contributed by atoms with Gasteiger partial charge in [0.05, 0.1) is 45.6 Å². The van der Waals surface area contributed by atoms with Crippen molar-refractivity contribution in [1.29, 1.82) is 0 Å². The van der Waals surface area contributed by atoms with E-state index in [4.69, 9.17) is 30.0 Å². The molecule has 0 aromatic heterocycles. The molecule has 2 saturated heterocycles. The number of nitrogens with zero attached hydrogens (tertiary/aromatic N) is 2. The molecule has 8 N–H and O–H groups in total. The van der Waals surface area contributed by atoms with Crippen LogP contribution in [0.15, 0.2) is 209 Å². The van der Waals surface area contributed by atoms with Gasteiger partial charge in [0.2, 0.25) is 0 Å². The molecule has 0 unspecified atom stereocenters. The second-order valence-electron chi connectivity index (χ2n) is 28.4. The Morgan fingerprint density at radius 1 is 0.519 bits per heavy atom. The Bertz CT molecular complexity index is 4510. The van der Waals surface area contributed by atoms with E-state index >= 15 is 0 Å². The highest BCUT2D eigenvalue weighted by molar-refractivity contribution is 9.10. The topological polar surface area (TPSA) is 192 Å². The van der Waals surface area contributed by atoms with Gasteiger partial charge in [-0.05, 0) is 293 Å². The number of ketones is 1. The van der Waals surface area contributed by atoms with E-state index in [1.807, 2.05) is 107 Å². The maximum Gasteiger partial charge on any atom is 0.487 e. The Hall–Kier alpha value is -7.90. The molecule has 4 aliphatic carbocycles. The first-order chi connectivity index (χ1) is 50.4. The summed E-state index contributed by atoms with van der Waals surface area (Å²) in [6.07, 6.45) is 8.74. The zero-order valence-electron chi connectivity index (χ0n) is 63.9. The van der Waals surface area contributed by atoms with Gasteiger partial charge in [0.15, 0.2) is 5.78 Å². The van der Waals surface area contributed by atoms with E-state index in [0.29, 0.717) is 22.6 Å². The number of quaternary nitrogens is 1. The number of hydrogen-bond donors (Lipinski definition) is 4. The molecule has 2 fully saturated rings. The highest BCUT2D eigenvalue weighted by atomic mass is 79.9. The van der Waals surface area contributed by atoms with E-state index in [-0.39, 0.29) is 55.1 Å². The van der Waals surface area contributed by atoms with Gasteiger partial charge in [-0.1, -0.05) is 184 Å². The summed E-state index contributed by atoms with van der Waals surface area (Å²) < 4.78 is 19.9. The van der Waals surface area contributed by atoms with Crippen LogP contribution in [0.5, 0.6) is 17.2 Å². The number of benzene rings is 10. The Labute approximate surface area is 662 Å². The summed E-state index contributed by atoms with van der Waals surface area (Å²) in [5.74, 6) is 2.55. The maximum atomic E-state index is 11.2. The average Bonchev–Trinajstić information content (AvgIpc) is 1.55. The van der Waals surface area contributed by atoms with Crippen LogP contribution >= 0.6 is 31.9 Å². The Morgan fingerprint density at radius 3 is 1.36 bits per heavy atom. The van der Waals surface area contributed by atoms with Crippen LogP contribution < -0.4 is 19.3 Å². The van der Waals surface area contributed by atoms with Crippen molar-refractivity contribution >= 4 is 71.7 Å². The Morgan fingerprint density at radius 2 is 0.917 bits per heavy atom. The molecule has 4 radical (unpaired) electrons. The number of carbonyl (C=O) groups is 1. The number of aryl methyl sites for hydroxylation is 10. The molecule has 6 aliphatic rings. The number of aliphatic hydroxyl groups is 3. The van der Waals surface area contributed by atoms with Gasteiger partial charge in [-0.3, -0.25) is 4.79 Å². The summed E-state index contributed by atoms with van der Waals surface area (Å²) in [7, 11) is 15.3. The molecule has 564 valence electrons. The minimum Gasteiger partial charge on any atom is -0.507 e. The molecular weight excluding hydrogens is 1470 g/mol. The molecule has 17 heteroatoms. The lowest BCUT2D eigenvalue weighted by Crippen LogP contribution is -2.46. The quantitative estimate of drug-likeness (QED) is 0.102. The smallest absolute Gasteiger partial charge is 0.487 e. The molecule has 2 aliphatic heterocycles. The number of methoxy groups -OCH3 is 2. The fourth-order valence-electron chi connectivity index (χ4n) is 15.9. The number of rotatable bonds is 9. The minimum atomic E-state index is -0.321. The third-order valence-corrected chi connectivity index (χ3v) is 22.4.